The number of nitrogens with zero attached hydrogens (tertiary/aromatic N) is 2. The number of halogens is 1. The van der Waals surface area contributed by atoms with E-state index in [0.717, 1.165) is 17.7 Å². The Kier molecular flexibility index (Phi) is 4.83. The molecule has 2 aromatic carbocycles. The van der Waals surface area contributed by atoms with E-state index in [1.165, 1.54) is 12.1 Å². The molecule has 1 saturated heterocycles. The highest BCUT2D eigenvalue weighted by Crippen LogP contribution is 2.25. The third-order valence-electron chi connectivity index (χ3n) is 4.73. The standard InChI is InChI=1S/C20H21FN2O2/c1-14(15-8-10-17(21)11-9-15)22(2)20(25)16-5-3-6-18(13-16)23-12-4-7-19(23)24/h3,5-6,8-11,13-14H,4,7,12H2,1-2H3. The second-order valence-electron chi connectivity index (χ2n) is 6.34. The molecule has 25 heavy (non-hydrogen) atoms. The van der Waals surface area contributed by atoms with Gasteiger partial charge in [0.2, 0.25) is 5.91 Å². The van der Waals surface area contributed by atoms with Crippen LogP contribution in [0.2, 0.25) is 0 Å². The van der Waals surface area contributed by atoms with Crippen molar-refractivity contribution < 1.29 is 14.0 Å². The molecular formula is C20H21FN2O2. The number of hydrogen-bond acceptors (Lipinski definition) is 2. The zero-order valence-corrected chi connectivity index (χ0v) is 14.4. The highest BCUT2D eigenvalue weighted by molar-refractivity contribution is 5.99. The van der Waals surface area contributed by atoms with Gasteiger partial charge in [-0.15, -0.1) is 0 Å². The molecule has 5 heteroatoms. The first-order chi connectivity index (χ1) is 12.0. The van der Waals surface area contributed by atoms with E-state index in [-0.39, 0.29) is 23.7 Å². The minimum absolute atomic E-state index is 0.0950. The van der Waals surface area contributed by atoms with Crippen LogP contribution in [-0.2, 0) is 4.79 Å². The fraction of sp³-hybridized carbons (Fsp3) is 0.300. The number of benzene rings is 2. The number of carbonyl (C=O) groups excluding carboxylic acids is 2. The summed E-state index contributed by atoms with van der Waals surface area (Å²) in [5.74, 6) is -0.337. The van der Waals surface area contributed by atoms with Crippen LogP contribution in [-0.4, -0.2) is 30.3 Å². The summed E-state index contributed by atoms with van der Waals surface area (Å²) in [5.41, 5.74) is 2.16. The number of carbonyl (C=O) groups is 2. The molecule has 2 amide bonds. The van der Waals surface area contributed by atoms with E-state index in [2.05, 4.69) is 0 Å². The predicted octanol–water partition coefficient (Wildman–Crippen LogP) is 3.79. The second-order valence-corrected chi connectivity index (χ2v) is 6.34. The van der Waals surface area contributed by atoms with E-state index in [1.807, 2.05) is 13.0 Å². The Balaban J connectivity index is 1.80. The molecule has 0 spiro atoms. The highest BCUT2D eigenvalue weighted by atomic mass is 19.1. The molecule has 2 aromatic rings. The van der Waals surface area contributed by atoms with Crippen molar-refractivity contribution in [2.24, 2.45) is 0 Å². The van der Waals surface area contributed by atoms with Crippen LogP contribution >= 0.6 is 0 Å². The normalized spacial score (nSPS) is 15.3. The lowest BCUT2D eigenvalue weighted by molar-refractivity contribution is -0.117. The van der Waals surface area contributed by atoms with Gasteiger partial charge in [-0.2, -0.15) is 0 Å². The Bertz CT molecular complexity index is 789. The Morgan fingerprint density at radius 2 is 1.92 bits per heavy atom. The fourth-order valence-corrected chi connectivity index (χ4v) is 3.07. The van der Waals surface area contributed by atoms with Crippen molar-refractivity contribution in [2.45, 2.75) is 25.8 Å². The molecule has 1 atom stereocenters. The van der Waals surface area contributed by atoms with Crippen LogP contribution in [0, 0.1) is 5.82 Å². The third-order valence-corrected chi connectivity index (χ3v) is 4.73. The van der Waals surface area contributed by atoms with Crippen molar-refractivity contribution in [1.29, 1.82) is 0 Å². The number of hydrogen-bond donors (Lipinski definition) is 0. The Morgan fingerprint density at radius 1 is 1.20 bits per heavy atom. The van der Waals surface area contributed by atoms with Gasteiger partial charge in [-0.1, -0.05) is 18.2 Å². The van der Waals surface area contributed by atoms with Gasteiger partial charge in [-0.05, 0) is 49.2 Å². The van der Waals surface area contributed by atoms with E-state index in [1.54, 1.807) is 47.2 Å². The van der Waals surface area contributed by atoms with E-state index in [9.17, 15) is 14.0 Å². The van der Waals surface area contributed by atoms with Crippen LogP contribution in [0.4, 0.5) is 10.1 Å². The first kappa shape index (κ1) is 17.1. The van der Waals surface area contributed by atoms with Crippen LogP contribution in [0.15, 0.2) is 48.5 Å². The largest absolute Gasteiger partial charge is 0.335 e. The van der Waals surface area contributed by atoms with Gasteiger partial charge in [0.15, 0.2) is 0 Å². The Hall–Kier alpha value is -2.69. The maximum atomic E-state index is 13.1. The average molecular weight is 340 g/mol. The summed E-state index contributed by atoms with van der Waals surface area (Å²) in [4.78, 5) is 28.1. The predicted molar refractivity (Wildman–Crippen MR) is 94.9 cm³/mol. The van der Waals surface area contributed by atoms with Gasteiger partial charge in [0.25, 0.3) is 5.91 Å². The van der Waals surface area contributed by atoms with Gasteiger partial charge >= 0.3 is 0 Å². The van der Waals surface area contributed by atoms with Gasteiger partial charge in [-0.25, -0.2) is 4.39 Å². The van der Waals surface area contributed by atoms with Gasteiger partial charge in [-0.3, -0.25) is 9.59 Å². The molecule has 0 saturated carbocycles. The van der Waals surface area contributed by atoms with E-state index >= 15 is 0 Å². The molecule has 4 nitrogen and oxygen atoms in total. The monoisotopic (exact) mass is 340 g/mol. The summed E-state index contributed by atoms with van der Waals surface area (Å²) in [7, 11) is 1.73. The van der Waals surface area contributed by atoms with Gasteiger partial charge in [0.1, 0.15) is 5.82 Å². The van der Waals surface area contributed by atoms with Crippen molar-refractivity contribution in [3.8, 4) is 0 Å². The zero-order valence-electron chi connectivity index (χ0n) is 14.4. The summed E-state index contributed by atoms with van der Waals surface area (Å²) < 4.78 is 13.1. The Morgan fingerprint density at radius 3 is 2.56 bits per heavy atom. The summed E-state index contributed by atoms with van der Waals surface area (Å²) >= 11 is 0. The summed E-state index contributed by atoms with van der Waals surface area (Å²) in [6.07, 6.45) is 1.40. The van der Waals surface area contributed by atoms with Crippen LogP contribution < -0.4 is 4.90 Å². The first-order valence-corrected chi connectivity index (χ1v) is 8.40. The molecule has 0 radical (unpaired) electrons. The lowest BCUT2D eigenvalue weighted by atomic mass is 10.1. The molecule has 0 bridgehead atoms. The van der Waals surface area contributed by atoms with Crippen LogP contribution in [0.5, 0.6) is 0 Å². The van der Waals surface area contributed by atoms with Crippen LogP contribution in [0.25, 0.3) is 0 Å². The number of anilines is 1. The van der Waals surface area contributed by atoms with Gasteiger partial charge < -0.3 is 9.80 Å². The fourth-order valence-electron chi connectivity index (χ4n) is 3.07. The van der Waals surface area contributed by atoms with Crippen molar-refractivity contribution in [1.82, 2.24) is 4.90 Å². The summed E-state index contributed by atoms with van der Waals surface area (Å²) in [6.45, 7) is 2.59. The van der Waals surface area contributed by atoms with Crippen LogP contribution in [0.3, 0.4) is 0 Å². The molecule has 1 aliphatic rings. The van der Waals surface area contributed by atoms with E-state index < -0.39 is 0 Å². The highest BCUT2D eigenvalue weighted by Gasteiger charge is 2.24. The number of amides is 2. The smallest absolute Gasteiger partial charge is 0.254 e. The molecule has 3 rings (SSSR count). The average Bonchev–Trinajstić information content (AvgIpc) is 3.06. The lowest BCUT2D eigenvalue weighted by Crippen LogP contribution is -2.30. The Labute approximate surface area is 146 Å². The zero-order chi connectivity index (χ0) is 18.0. The minimum atomic E-state index is -0.298. The first-order valence-electron chi connectivity index (χ1n) is 8.40. The van der Waals surface area contributed by atoms with Crippen molar-refractivity contribution in [3.63, 3.8) is 0 Å². The second kappa shape index (κ2) is 7.05. The van der Waals surface area contributed by atoms with Gasteiger partial charge in [0.05, 0.1) is 6.04 Å². The minimum Gasteiger partial charge on any atom is -0.335 e. The van der Waals surface area contributed by atoms with Crippen molar-refractivity contribution >= 4 is 17.5 Å². The molecule has 0 aliphatic carbocycles. The molecule has 0 aromatic heterocycles. The maximum absolute atomic E-state index is 13.1. The topological polar surface area (TPSA) is 40.6 Å². The molecule has 1 heterocycles. The summed E-state index contributed by atoms with van der Waals surface area (Å²) in [5, 5.41) is 0. The molecule has 130 valence electrons. The van der Waals surface area contributed by atoms with Crippen molar-refractivity contribution in [2.75, 3.05) is 18.5 Å². The molecule has 1 unspecified atom stereocenters. The molecular weight excluding hydrogens is 319 g/mol. The quantitative estimate of drug-likeness (QED) is 0.850. The molecule has 1 aliphatic heterocycles. The summed E-state index contributed by atoms with van der Waals surface area (Å²) in [6, 6.07) is 13.1. The van der Waals surface area contributed by atoms with Crippen molar-refractivity contribution in [3.05, 3.63) is 65.5 Å². The van der Waals surface area contributed by atoms with E-state index in [4.69, 9.17) is 0 Å². The van der Waals surface area contributed by atoms with Gasteiger partial charge in [0, 0.05) is 31.3 Å². The number of rotatable bonds is 4. The molecule has 1 fully saturated rings. The van der Waals surface area contributed by atoms with E-state index in [0.29, 0.717) is 18.5 Å². The molecule has 0 N–H and O–H groups in total. The third kappa shape index (κ3) is 3.55. The SMILES string of the molecule is CC(c1ccc(F)cc1)N(C)C(=O)c1cccc(N2CCCC2=O)c1. The lowest BCUT2D eigenvalue weighted by Gasteiger charge is -2.26. The van der Waals surface area contributed by atoms with Crippen LogP contribution in [0.1, 0.15) is 41.7 Å². The maximum Gasteiger partial charge on any atom is 0.254 e.